The molecule has 0 radical (unpaired) electrons. The summed E-state index contributed by atoms with van der Waals surface area (Å²) in [4.78, 5) is 11.8. The van der Waals surface area contributed by atoms with Crippen molar-refractivity contribution in [1.29, 1.82) is 0 Å². The number of piperidine rings is 1. The van der Waals surface area contributed by atoms with Crippen molar-refractivity contribution >= 4 is 0 Å². The van der Waals surface area contributed by atoms with Crippen LogP contribution in [0.25, 0.3) is 11.4 Å². The van der Waals surface area contributed by atoms with Gasteiger partial charge in [0.2, 0.25) is 0 Å². The number of aromatic nitrogens is 2. The Kier molecular flexibility index (Phi) is 5.85. The molecule has 0 atom stereocenters. The average molecular weight is 338 g/mol. The highest BCUT2D eigenvalue weighted by molar-refractivity contribution is 5.56. The molecule has 0 aliphatic carbocycles. The molecule has 2 heterocycles. The fraction of sp³-hybridized carbons (Fsp3) is 0.545. The number of nitrogens with zero attached hydrogens (tertiary/aromatic N) is 3. The number of rotatable bonds is 5. The van der Waals surface area contributed by atoms with Gasteiger partial charge in [-0.15, -0.1) is 0 Å². The molecule has 3 rings (SSSR count). The van der Waals surface area contributed by atoms with Gasteiger partial charge in [-0.2, -0.15) is 0 Å². The van der Waals surface area contributed by atoms with Crippen molar-refractivity contribution in [3.05, 3.63) is 47.8 Å². The Morgan fingerprint density at radius 1 is 1.04 bits per heavy atom. The smallest absolute Gasteiger partial charge is 0.159 e. The van der Waals surface area contributed by atoms with Crippen LogP contribution in [0.2, 0.25) is 0 Å². The minimum Gasteiger partial charge on any atom is -0.299 e. The lowest BCUT2D eigenvalue weighted by Gasteiger charge is -2.33. The zero-order chi connectivity index (χ0) is 17.8. The van der Waals surface area contributed by atoms with Crippen molar-refractivity contribution < 1.29 is 0 Å². The third kappa shape index (κ3) is 4.66. The molecule has 1 aliphatic rings. The summed E-state index contributed by atoms with van der Waals surface area (Å²) < 4.78 is 0. The third-order valence-corrected chi connectivity index (χ3v) is 5.50. The molecule has 1 aromatic carbocycles. The molecule has 1 aliphatic heterocycles. The van der Waals surface area contributed by atoms with Crippen molar-refractivity contribution in [2.24, 2.45) is 11.8 Å². The molecular weight excluding hydrogens is 306 g/mol. The molecule has 0 unspecified atom stereocenters. The number of benzene rings is 1. The second-order valence-corrected chi connectivity index (χ2v) is 8.05. The van der Waals surface area contributed by atoms with Gasteiger partial charge in [0.1, 0.15) is 0 Å². The summed E-state index contributed by atoms with van der Waals surface area (Å²) >= 11 is 0. The van der Waals surface area contributed by atoms with Crippen LogP contribution in [0.5, 0.6) is 0 Å². The molecule has 2 aromatic rings. The van der Waals surface area contributed by atoms with Gasteiger partial charge in [-0.25, -0.2) is 9.97 Å². The molecule has 1 fully saturated rings. The molecule has 0 saturated carbocycles. The largest absolute Gasteiger partial charge is 0.299 e. The summed E-state index contributed by atoms with van der Waals surface area (Å²) in [6.07, 6.45) is 6.63. The van der Waals surface area contributed by atoms with Crippen molar-refractivity contribution in [2.75, 3.05) is 13.1 Å². The second-order valence-electron chi connectivity index (χ2n) is 8.05. The molecule has 3 heteroatoms. The summed E-state index contributed by atoms with van der Waals surface area (Å²) in [5.41, 5.74) is 3.65. The van der Waals surface area contributed by atoms with Crippen LogP contribution in [0.1, 0.15) is 57.6 Å². The molecule has 0 amide bonds. The summed E-state index contributed by atoms with van der Waals surface area (Å²) in [5.74, 6) is 3.05. The lowest BCUT2D eigenvalue weighted by molar-refractivity contribution is 0.152. The summed E-state index contributed by atoms with van der Waals surface area (Å²) in [5, 5.41) is 0. The van der Waals surface area contributed by atoms with Crippen molar-refractivity contribution in [3.63, 3.8) is 0 Å². The maximum absolute atomic E-state index is 4.62. The molecule has 1 aromatic heterocycles. The fourth-order valence-electron chi connectivity index (χ4n) is 3.66. The van der Waals surface area contributed by atoms with Gasteiger partial charge in [0.05, 0.1) is 0 Å². The molecule has 0 N–H and O–H groups in total. The van der Waals surface area contributed by atoms with E-state index < -0.39 is 0 Å². The summed E-state index contributed by atoms with van der Waals surface area (Å²) in [6, 6.07) is 8.57. The first-order valence-electron chi connectivity index (χ1n) is 9.66. The van der Waals surface area contributed by atoms with Gasteiger partial charge in [0.15, 0.2) is 5.82 Å². The topological polar surface area (TPSA) is 29.0 Å². The van der Waals surface area contributed by atoms with Gasteiger partial charge < -0.3 is 0 Å². The number of hydrogen-bond donors (Lipinski definition) is 0. The predicted molar refractivity (Wildman–Crippen MR) is 104 cm³/mol. The van der Waals surface area contributed by atoms with E-state index in [0.29, 0.717) is 5.92 Å². The van der Waals surface area contributed by atoms with Crippen LogP contribution in [0.15, 0.2) is 36.7 Å². The normalized spacial score (nSPS) is 16.7. The van der Waals surface area contributed by atoms with E-state index in [0.717, 1.165) is 29.8 Å². The van der Waals surface area contributed by atoms with Crippen LogP contribution >= 0.6 is 0 Å². The molecule has 134 valence electrons. The summed E-state index contributed by atoms with van der Waals surface area (Å²) in [7, 11) is 0. The quantitative estimate of drug-likeness (QED) is 0.757. The van der Waals surface area contributed by atoms with Gasteiger partial charge in [-0.1, -0.05) is 45.9 Å². The minimum atomic E-state index is 0.521. The van der Waals surface area contributed by atoms with E-state index in [-0.39, 0.29) is 0 Å². The van der Waals surface area contributed by atoms with Crippen LogP contribution < -0.4 is 0 Å². The Morgan fingerprint density at radius 3 is 2.32 bits per heavy atom. The summed E-state index contributed by atoms with van der Waals surface area (Å²) in [6.45, 7) is 12.5. The van der Waals surface area contributed by atoms with E-state index in [9.17, 15) is 0 Å². The molecule has 0 bridgehead atoms. The molecule has 1 saturated heterocycles. The van der Waals surface area contributed by atoms with Gasteiger partial charge in [-0.05, 0) is 55.3 Å². The average Bonchev–Trinajstić information content (AvgIpc) is 2.63. The van der Waals surface area contributed by atoms with Crippen LogP contribution in [-0.2, 0) is 6.54 Å². The van der Waals surface area contributed by atoms with E-state index in [1.807, 2.05) is 12.4 Å². The zero-order valence-corrected chi connectivity index (χ0v) is 16.1. The molecule has 25 heavy (non-hydrogen) atoms. The van der Waals surface area contributed by atoms with Gasteiger partial charge in [0.25, 0.3) is 0 Å². The maximum Gasteiger partial charge on any atom is 0.159 e. The van der Waals surface area contributed by atoms with Crippen molar-refractivity contribution in [2.45, 2.75) is 53.0 Å². The second kappa shape index (κ2) is 8.09. The molecular formula is C22H31N3. The van der Waals surface area contributed by atoms with Crippen LogP contribution in [-0.4, -0.2) is 28.0 Å². The maximum atomic E-state index is 4.62. The van der Waals surface area contributed by atoms with Crippen LogP contribution in [0.4, 0.5) is 0 Å². The van der Waals surface area contributed by atoms with E-state index in [2.05, 4.69) is 66.8 Å². The Balaban J connectivity index is 1.62. The zero-order valence-electron chi connectivity index (χ0n) is 16.1. The Morgan fingerprint density at radius 2 is 1.72 bits per heavy atom. The Hall–Kier alpha value is -1.74. The monoisotopic (exact) mass is 337 g/mol. The van der Waals surface area contributed by atoms with Gasteiger partial charge >= 0.3 is 0 Å². The first-order chi connectivity index (χ1) is 12.0. The predicted octanol–water partition coefficient (Wildman–Crippen LogP) is 5.14. The highest BCUT2D eigenvalue weighted by Crippen LogP contribution is 2.25. The van der Waals surface area contributed by atoms with Crippen LogP contribution in [0.3, 0.4) is 0 Å². The van der Waals surface area contributed by atoms with Crippen molar-refractivity contribution in [1.82, 2.24) is 14.9 Å². The lowest BCUT2D eigenvalue weighted by Crippen LogP contribution is -2.34. The number of hydrogen-bond acceptors (Lipinski definition) is 3. The Labute approximate surface area is 152 Å². The van der Waals surface area contributed by atoms with Gasteiger partial charge in [-0.3, -0.25) is 4.90 Å². The first-order valence-corrected chi connectivity index (χ1v) is 9.66. The van der Waals surface area contributed by atoms with Crippen molar-refractivity contribution in [3.8, 4) is 11.4 Å². The van der Waals surface area contributed by atoms with E-state index in [4.69, 9.17) is 0 Å². The fourth-order valence-corrected chi connectivity index (χ4v) is 3.66. The van der Waals surface area contributed by atoms with Crippen LogP contribution in [0, 0.1) is 11.8 Å². The van der Waals surface area contributed by atoms with Gasteiger partial charge in [0, 0.05) is 30.1 Å². The highest BCUT2D eigenvalue weighted by atomic mass is 15.1. The third-order valence-electron chi connectivity index (χ3n) is 5.50. The molecule has 3 nitrogen and oxygen atoms in total. The van der Waals surface area contributed by atoms with E-state index >= 15 is 0 Å². The highest BCUT2D eigenvalue weighted by Gasteiger charge is 2.21. The standard InChI is InChI=1S/C22H31N3/c1-16(2)19-8-10-25(11-9-19)15-18-13-23-22(24-14-18)21-7-5-6-20(12-21)17(3)4/h5-7,12-14,16-17,19H,8-11,15H2,1-4H3. The first kappa shape index (κ1) is 18.1. The lowest BCUT2D eigenvalue weighted by atomic mass is 9.87. The molecule has 0 spiro atoms. The van der Waals surface area contributed by atoms with E-state index in [1.165, 1.54) is 37.1 Å². The van der Waals surface area contributed by atoms with E-state index in [1.54, 1.807) is 0 Å². The number of likely N-dealkylation sites (tertiary alicyclic amines) is 1. The minimum absolute atomic E-state index is 0.521. The SMILES string of the molecule is CC(C)c1cccc(-c2ncc(CN3CCC(C(C)C)CC3)cn2)c1. The Bertz CT molecular complexity index is 668.